The predicted octanol–water partition coefficient (Wildman–Crippen LogP) is -0.771. The molecule has 0 N–H and O–H groups in total. The average molecular weight is 231 g/mol. The standard InChI is InChI=1S/C8H8I/c1-2-4-6-8-9-7-5-3-1/h1-8H/q-1. The van der Waals surface area contributed by atoms with E-state index < -0.39 is 0 Å². The van der Waals surface area contributed by atoms with Gasteiger partial charge in [0.15, 0.2) is 0 Å². The van der Waals surface area contributed by atoms with Gasteiger partial charge in [0, 0.05) is 0 Å². The van der Waals surface area contributed by atoms with Gasteiger partial charge in [0.2, 0.25) is 0 Å². The Morgan fingerprint density at radius 3 is 1.56 bits per heavy atom. The van der Waals surface area contributed by atoms with Gasteiger partial charge in [-0.25, -0.2) is 0 Å². The molecule has 0 aliphatic carbocycles. The fourth-order valence-electron chi connectivity index (χ4n) is 0.467. The fourth-order valence-corrected chi connectivity index (χ4v) is 1.67. The van der Waals surface area contributed by atoms with Crippen LogP contribution in [0.25, 0.3) is 0 Å². The second-order valence-corrected chi connectivity index (χ2v) is 3.69. The summed E-state index contributed by atoms with van der Waals surface area (Å²) in [4.78, 5) is 0. The summed E-state index contributed by atoms with van der Waals surface area (Å²) >= 11 is 0.188. The number of allylic oxidation sites excluding steroid dienone is 6. The van der Waals surface area contributed by atoms with Crippen molar-refractivity contribution in [3.63, 3.8) is 0 Å². The second kappa shape index (κ2) is 4.56. The minimum absolute atomic E-state index is 0.188. The molecule has 0 radical (unpaired) electrons. The van der Waals surface area contributed by atoms with Crippen molar-refractivity contribution >= 4 is 0 Å². The van der Waals surface area contributed by atoms with Crippen molar-refractivity contribution in [1.82, 2.24) is 0 Å². The Labute approximate surface area is 65.9 Å². The first-order valence-electron chi connectivity index (χ1n) is 2.77. The van der Waals surface area contributed by atoms with E-state index in [2.05, 4.69) is 32.5 Å². The van der Waals surface area contributed by atoms with Crippen molar-refractivity contribution in [3.8, 4) is 0 Å². The van der Waals surface area contributed by atoms with Gasteiger partial charge in [0.25, 0.3) is 0 Å². The number of rotatable bonds is 0. The normalized spacial score (nSPS) is 17.8. The van der Waals surface area contributed by atoms with Crippen LogP contribution < -0.4 is 21.2 Å². The summed E-state index contributed by atoms with van der Waals surface area (Å²) in [6, 6.07) is 0. The van der Waals surface area contributed by atoms with Gasteiger partial charge in [-0.15, -0.1) is 0 Å². The maximum atomic E-state index is 2.24. The molecule has 0 nitrogen and oxygen atoms in total. The molecule has 0 aromatic rings. The number of hydrogen-bond donors (Lipinski definition) is 0. The Kier molecular flexibility index (Phi) is 3.45. The Morgan fingerprint density at radius 1 is 0.556 bits per heavy atom. The van der Waals surface area contributed by atoms with Gasteiger partial charge >= 0.3 is 65.8 Å². The molecular formula is C8H8I-. The van der Waals surface area contributed by atoms with Crippen LogP contribution in [0.1, 0.15) is 0 Å². The molecule has 0 fully saturated rings. The molecule has 1 rings (SSSR count). The SMILES string of the molecule is C1=CC=C[I-]C=CC=C1. The molecule has 9 heavy (non-hydrogen) atoms. The molecular weight excluding hydrogens is 223 g/mol. The van der Waals surface area contributed by atoms with Crippen molar-refractivity contribution < 1.29 is 21.2 Å². The third-order valence-corrected chi connectivity index (χ3v) is 2.51. The molecule has 0 aromatic carbocycles. The van der Waals surface area contributed by atoms with Crippen LogP contribution in [0.2, 0.25) is 0 Å². The predicted molar refractivity (Wildman–Crippen MR) is 36.6 cm³/mol. The Balaban J connectivity index is 2.60. The van der Waals surface area contributed by atoms with E-state index in [1.54, 1.807) is 0 Å². The van der Waals surface area contributed by atoms with E-state index in [1.807, 2.05) is 12.2 Å². The van der Waals surface area contributed by atoms with Crippen molar-refractivity contribution in [2.75, 3.05) is 0 Å². The number of hydrogen-bond acceptors (Lipinski definition) is 0. The van der Waals surface area contributed by atoms with Crippen LogP contribution in [0.4, 0.5) is 0 Å². The summed E-state index contributed by atoms with van der Waals surface area (Å²) in [5.74, 6) is 0. The van der Waals surface area contributed by atoms with Gasteiger partial charge < -0.3 is 0 Å². The topological polar surface area (TPSA) is 0 Å². The van der Waals surface area contributed by atoms with Gasteiger partial charge in [0.1, 0.15) is 0 Å². The molecule has 0 saturated heterocycles. The van der Waals surface area contributed by atoms with Gasteiger partial charge in [-0.1, -0.05) is 0 Å². The van der Waals surface area contributed by atoms with Crippen LogP contribution in [0.3, 0.4) is 0 Å². The van der Waals surface area contributed by atoms with Crippen molar-refractivity contribution in [1.29, 1.82) is 0 Å². The molecule has 0 atom stereocenters. The van der Waals surface area contributed by atoms with Crippen LogP contribution in [0.5, 0.6) is 0 Å². The van der Waals surface area contributed by atoms with Gasteiger partial charge in [-0.2, -0.15) is 0 Å². The first-order chi connectivity index (χ1) is 4.50. The summed E-state index contributed by atoms with van der Waals surface area (Å²) in [5, 5.41) is 0. The minimum atomic E-state index is 0.188. The molecule has 1 aliphatic rings. The van der Waals surface area contributed by atoms with Crippen LogP contribution >= 0.6 is 0 Å². The maximum absolute atomic E-state index is 2.24. The molecule has 48 valence electrons. The van der Waals surface area contributed by atoms with E-state index in [4.69, 9.17) is 0 Å². The van der Waals surface area contributed by atoms with Crippen molar-refractivity contribution in [2.24, 2.45) is 0 Å². The summed E-state index contributed by atoms with van der Waals surface area (Å²) < 4.78 is 4.47. The summed E-state index contributed by atoms with van der Waals surface area (Å²) in [6.07, 6.45) is 12.4. The summed E-state index contributed by atoms with van der Waals surface area (Å²) in [7, 11) is 0. The molecule has 0 unspecified atom stereocenters. The summed E-state index contributed by atoms with van der Waals surface area (Å²) in [5.41, 5.74) is 0. The molecule has 0 spiro atoms. The van der Waals surface area contributed by atoms with Gasteiger partial charge in [0.05, 0.1) is 0 Å². The van der Waals surface area contributed by atoms with E-state index in [1.165, 1.54) is 0 Å². The zero-order valence-electron chi connectivity index (χ0n) is 5.00. The fraction of sp³-hybridized carbons (Fsp3) is 0. The van der Waals surface area contributed by atoms with Gasteiger partial charge in [-0.05, 0) is 0 Å². The molecule has 1 aliphatic heterocycles. The first kappa shape index (κ1) is 6.81. The molecule has 0 aromatic heterocycles. The molecule has 0 bridgehead atoms. The van der Waals surface area contributed by atoms with Crippen molar-refractivity contribution in [2.45, 2.75) is 0 Å². The average Bonchev–Trinajstić information content (AvgIpc) is 2.00. The molecule has 0 amide bonds. The Hall–Kier alpha value is -0.310. The third kappa shape index (κ3) is 3.30. The van der Waals surface area contributed by atoms with E-state index in [0.29, 0.717) is 0 Å². The first-order valence-corrected chi connectivity index (χ1v) is 5.26. The van der Waals surface area contributed by atoms with E-state index >= 15 is 0 Å². The van der Waals surface area contributed by atoms with Crippen LogP contribution in [0, 0.1) is 0 Å². The Bertz CT molecular complexity index is 153. The van der Waals surface area contributed by atoms with E-state index in [0.717, 1.165) is 0 Å². The quantitative estimate of drug-likeness (QED) is 0.480. The van der Waals surface area contributed by atoms with Crippen LogP contribution in [-0.2, 0) is 0 Å². The summed E-state index contributed by atoms with van der Waals surface area (Å²) in [6.45, 7) is 0. The van der Waals surface area contributed by atoms with Gasteiger partial charge in [-0.3, -0.25) is 0 Å². The third-order valence-electron chi connectivity index (χ3n) is 0.847. The monoisotopic (exact) mass is 231 g/mol. The Morgan fingerprint density at radius 2 is 1.00 bits per heavy atom. The molecule has 0 saturated carbocycles. The molecule has 1 heteroatoms. The van der Waals surface area contributed by atoms with Crippen molar-refractivity contribution in [3.05, 3.63) is 44.6 Å². The zero-order chi connectivity index (χ0) is 6.36. The van der Waals surface area contributed by atoms with E-state index in [-0.39, 0.29) is 21.2 Å². The van der Waals surface area contributed by atoms with Crippen LogP contribution in [0.15, 0.2) is 44.6 Å². The van der Waals surface area contributed by atoms with Crippen LogP contribution in [-0.4, -0.2) is 0 Å². The van der Waals surface area contributed by atoms with E-state index in [9.17, 15) is 0 Å². The zero-order valence-corrected chi connectivity index (χ0v) is 7.15. The second-order valence-electron chi connectivity index (χ2n) is 1.53. The number of halogens is 1. The molecule has 1 heterocycles.